The summed E-state index contributed by atoms with van der Waals surface area (Å²) in [6, 6.07) is 10.5. The third-order valence-electron chi connectivity index (χ3n) is 3.83. The zero-order valence-corrected chi connectivity index (χ0v) is 13.6. The molecule has 0 saturated carbocycles. The average Bonchev–Trinajstić information content (AvgIpc) is 3.28. The summed E-state index contributed by atoms with van der Waals surface area (Å²) in [6.07, 6.45) is 4.59. The summed E-state index contributed by atoms with van der Waals surface area (Å²) in [4.78, 5) is 32.4. The molecule has 0 bridgehead atoms. The minimum absolute atomic E-state index is 0.106. The van der Waals surface area contributed by atoms with E-state index < -0.39 is 5.76 Å². The van der Waals surface area contributed by atoms with Gasteiger partial charge < -0.3 is 9.73 Å². The number of para-hydroxylation sites is 2. The molecule has 0 aliphatic heterocycles. The molecular formula is C17H14N6O3. The van der Waals surface area contributed by atoms with Crippen LogP contribution in [0.15, 0.2) is 64.5 Å². The zero-order chi connectivity index (χ0) is 17.9. The Bertz CT molecular complexity index is 1110. The SMILES string of the molecule is O=C(CCn1c(=O)oc2ccccc21)Nc1cccnc1-n1cncn1. The summed E-state index contributed by atoms with van der Waals surface area (Å²) < 4.78 is 8.07. The molecule has 4 rings (SSSR count). The first-order chi connectivity index (χ1) is 12.7. The van der Waals surface area contributed by atoms with Gasteiger partial charge in [-0.15, -0.1) is 0 Å². The summed E-state index contributed by atoms with van der Waals surface area (Å²) >= 11 is 0. The molecule has 26 heavy (non-hydrogen) atoms. The molecule has 1 N–H and O–H groups in total. The van der Waals surface area contributed by atoms with Gasteiger partial charge in [-0.3, -0.25) is 9.36 Å². The van der Waals surface area contributed by atoms with Gasteiger partial charge in [0.15, 0.2) is 11.4 Å². The number of carbonyl (C=O) groups is 1. The largest absolute Gasteiger partial charge is 0.419 e. The van der Waals surface area contributed by atoms with Crippen LogP contribution >= 0.6 is 0 Å². The quantitative estimate of drug-likeness (QED) is 0.586. The minimum atomic E-state index is -0.483. The van der Waals surface area contributed by atoms with Crippen LogP contribution in [-0.4, -0.2) is 30.2 Å². The Morgan fingerprint density at radius 2 is 2.08 bits per heavy atom. The second-order valence-corrected chi connectivity index (χ2v) is 5.50. The van der Waals surface area contributed by atoms with Crippen molar-refractivity contribution in [3.63, 3.8) is 0 Å². The van der Waals surface area contributed by atoms with Gasteiger partial charge in [0.05, 0.1) is 11.2 Å². The van der Waals surface area contributed by atoms with Crippen LogP contribution in [0.1, 0.15) is 6.42 Å². The molecule has 130 valence electrons. The molecule has 0 aliphatic rings. The van der Waals surface area contributed by atoms with E-state index in [9.17, 15) is 9.59 Å². The van der Waals surface area contributed by atoms with Crippen molar-refractivity contribution in [1.29, 1.82) is 0 Å². The lowest BCUT2D eigenvalue weighted by molar-refractivity contribution is -0.116. The van der Waals surface area contributed by atoms with E-state index in [1.165, 1.54) is 21.9 Å². The van der Waals surface area contributed by atoms with Crippen molar-refractivity contribution in [2.45, 2.75) is 13.0 Å². The summed E-state index contributed by atoms with van der Waals surface area (Å²) in [5, 5.41) is 6.81. The highest BCUT2D eigenvalue weighted by Gasteiger charge is 2.13. The maximum absolute atomic E-state index is 12.3. The number of pyridine rings is 1. The van der Waals surface area contributed by atoms with Gasteiger partial charge in [-0.25, -0.2) is 19.4 Å². The first kappa shape index (κ1) is 15.8. The van der Waals surface area contributed by atoms with Crippen LogP contribution in [-0.2, 0) is 11.3 Å². The molecule has 0 radical (unpaired) electrons. The van der Waals surface area contributed by atoms with Crippen LogP contribution in [0, 0.1) is 0 Å². The van der Waals surface area contributed by atoms with Crippen LogP contribution in [0.5, 0.6) is 0 Å². The predicted octanol–water partition coefficient (Wildman–Crippen LogP) is 1.60. The highest BCUT2D eigenvalue weighted by molar-refractivity contribution is 5.92. The summed E-state index contributed by atoms with van der Waals surface area (Å²) in [6.45, 7) is 0.209. The lowest BCUT2D eigenvalue weighted by Gasteiger charge is -2.09. The van der Waals surface area contributed by atoms with Gasteiger partial charge >= 0.3 is 5.76 Å². The Morgan fingerprint density at radius 3 is 2.92 bits per heavy atom. The predicted molar refractivity (Wildman–Crippen MR) is 92.9 cm³/mol. The molecule has 0 saturated heterocycles. The fourth-order valence-electron chi connectivity index (χ4n) is 2.65. The van der Waals surface area contributed by atoms with Crippen molar-refractivity contribution in [2.75, 3.05) is 5.32 Å². The number of nitrogens with zero attached hydrogens (tertiary/aromatic N) is 5. The second-order valence-electron chi connectivity index (χ2n) is 5.50. The monoisotopic (exact) mass is 350 g/mol. The standard InChI is InChI=1S/C17H14N6O3/c24-15(7-9-22-13-5-1-2-6-14(13)26-17(22)25)21-12-4-3-8-19-16(12)23-11-18-10-20-23/h1-6,8,10-11H,7,9H2,(H,21,24). The molecule has 3 aromatic heterocycles. The van der Waals surface area contributed by atoms with Crippen LogP contribution < -0.4 is 11.1 Å². The van der Waals surface area contributed by atoms with Crippen molar-refractivity contribution in [2.24, 2.45) is 0 Å². The number of hydrogen-bond donors (Lipinski definition) is 1. The van der Waals surface area contributed by atoms with E-state index in [4.69, 9.17) is 4.42 Å². The number of carbonyl (C=O) groups excluding carboxylic acids is 1. The zero-order valence-electron chi connectivity index (χ0n) is 13.6. The van der Waals surface area contributed by atoms with Crippen LogP contribution in [0.4, 0.5) is 5.69 Å². The molecular weight excluding hydrogens is 336 g/mol. The number of nitrogens with one attached hydrogen (secondary N) is 1. The van der Waals surface area contributed by atoms with Gasteiger partial charge in [0.2, 0.25) is 5.91 Å². The molecule has 4 aromatic rings. The number of aryl methyl sites for hydroxylation is 1. The summed E-state index contributed by atoms with van der Waals surface area (Å²) in [5.41, 5.74) is 1.67. The van der Waals surface area contributed by atoms with Gasteiger partial charge in [0.25, 0.3) is 0 Å². The molecule has 1 aromatic carbocycles. The molecule has 1 amide bonds. The Kier molecular flexibility index (Phi) is 4.02. The molecule has 9 nitrogen and oxygen atoms in total. The molecule has 0 atom stereocenters. The highest BCUT2D eigenvalue weighted by atomic mass is 16.4. The Hall–Kier alpha value is -3.75. The third kappa shape index (κ3) is 2.97. The van der Waals surface area contributed by atoms with E-state index in [-0.39, 0.29) is 18.9 Å². The van der Waals surface area contributed by atoms with Crippen molar-refractivity contribution in [3.05, 3.63) is 65.8 Å². The van der Waals surface area contributed by atoms with Crippen LogP contribution in [0.25, 0.3) is 16.9 Å². The van der Waals surface area contributed by atoms with Gasteiger partial charge in [0.1, 0.15) is 12.7 Å². The average molecular weight is 350 g/mol. The lowest BCUT2D eigenvalue weighted by Crippen LogP contribution is -2.20. The van der Waals surface area contributed by atoms with Gasteiger partial charge in [-0.2, -0.15) is 5.10 Å². The van der Waals surface area contributed by atoms with Gasteiger partial charge in [0, 0.05) is 19.2 Å². The molecule has 0 fully saturated rings. The number of anilines is 1. The molecule has 0 aliphatic carbocycles. The van der Waals surface area contributed by atoms with Crippen LogP contribution in [0.2, 0.25) is 0 Å². The van der Waals surface area contributed by atoms with E-state index in [1.54, 1.807) is 36.5 Å². The maximum Gasteiger partial charge on any atom is 0.419 e. The second kappa shape index (κ2) is 6.63. The Balaban J connectivity index is 1.50. The normalized spacial score (nSPS) is 10.9. The third-order valence-corrected chi connectivity index (χ3v) is 3.83. The van der Waals surface area contributed by atoms with Crippen molar-refractivity contribution in [1.82, 2.24) is 24.3 Å². The molecule has 9 heteroatoms. The van der Waals surface area contributed by atoms with Gasteiger partial charge in [-0.05, 0) is 24.3 Å². The van der Waals surface area contributed by atoms with Crippen molar-refractivity contribution >= 4 is 22.7 Å². The molecule has 0 unspecified atom stereocenters. The number of aromatic nitrogens is 5. The number of hydrogen-bond acceptors (Lipinski definition) is 6. The minimum Gasteiger partial charge on any atom is -0.408 e. The molecule has 0 spiro atoms. The topological polar surface area (TPSA) is 108 Å². The van der Waals surface area contributed by atoms with E-state index in [0.717, 1.165) is 0 Å². The summed E-state index contributed by atoms with van der Waals surface area (Å²) in [7, 11) is 0. The number of benzene rings is 1. The lowest BCUT2D eigenvalue weighted by atomic mass is 10.3. The Labute approximate surface area is 146 Å². The number of rotatable bonds is 5. The number of amides is 1. The van der Waals surface area contributed by atoms with E-state index in [2.05, 4.69) is 20.4 Å². The van der Waals surface area contributed by atoms with E-state index in [1.807, 2.05) is 6.07 Å². The van der Waals surface area contributed by atoms with Crippen LogP contribution in [0.3, 0.4) is 0 Å². The first-order valence-electron chi connectivity index (χ1n) is 7.90. The Morgan fingerprint density at radius 1 is 1.19 bits per heavy atom. The highest BCUT2D eigenvalue weighted by Crippen LogP contribution is 2.16. The van der Waals surface area contributed by atoms with Gasteiger partial charge in [-0.1, -0.05) is 12.1 Å². The molecule has 3 heterocycles. The van der Waals surface area contributed by atoms with E-state index in [0.29, 0.717) is 22.6 Å². The number of fused-ring (bicyclic) bond motifs is 1. The fraction of sp³-hybridized carbons (Fsp3) is 0.118. The van der Waals surface area contributed by atoms with Crippen molar-refractivity contribution < 1.29 is 9.21 Å². The number of oxazole rings is 1. The van der Waals surface area contributed by atoms with E-state index >= 15 is 0 Å². The maximum atomic E-state index is 12.3. The smallest absolute Gasteiger partial charge is 0.408 e. The van der Waals surface area contributed by atoms with Crippen molar-refractivity contribution in [3.8, 4) is 5.82 Å². The first-order valence-corrected chi connectivity index (χ1v) is 7.90. The fourth-order valence-corrected chi connectivity index (χ4v) is 2.65. The summed E-state index contributed by atoms with van der Waals surface area (Å²) in [5.74, 6) is -0.274.